The molecule has 1 heterocycles. The van der Waals surface area contributed by atoms with E-state index in [1.54, 1.807) is 0 Å². The summed E-state index contributed by atoms with van der Waals surface area (Å²) in [5.74, 6) is 0.894. The lowest BCUT2D eigenvalue weighted by molar-refractivity contribution is 0.643. The maximum atomic E-state index is 5.55. The molecule has 72 valence electrons. The molecule has 4 nitrogen and oxygen atoms in total. The van der Waals surface area contributed by atoms with E-state index in [-0.39, 0.29) is 0 Å². The van der Waals surface area contributed by atoms with Crippen LogP contribution >= 0.6 is 11.8 Å². The number of nitrogens with zero attached hydrogens (tertiary/aromatic N) is 3. The minimum Gasteiger partial charge on any atom is -0.324 e. The fourth-order valence-corrected chi connectivity index (χ4v) is 2.33. The monoisotopic (exact) mass is 198 g/mol. The van der Waals surface area contributed by atoms with Crippen LogP contribution in [-0.2, 0) is 13.1 Å². The number of aromatic nitrogens is 3. The highest BCUT2D eigenvalue weighted by Crippen LogP contribution is 2.38. The summed E-state index contributed by atoms with van der Waals surface area (Å²) < 4.78 is 2.10. The molecule has 0 atom stereocenters. The predicted molar refractivity (Wildman–Crippen MR) is 52.5 cm³/mol. The number of hydrogen-bond donors (Lipinski definition) is 1. The summed E-state index contributed by atoms with van der Waals surface area (Å²) in [6, 6.07) is 0. The average molecular weight is 198 g/mol. The zero-order valence-electron chi connectivity index (χ0n) is 7.73. The van der Waals surface area contributed by atoms with Crippen LogP contribution in [0.5, 0.6) is 0 Å². The van der Waals surface area contributed by atoms with E-state index in [9.17, 15) is 0 Å². The number of nitrogens with two attached hydrogens (primary N) is 1. The Morgan fingerprint density at radius 1 is 1.54 bits per heavy atom. The molecule has 1 aromatic rings. The number of thioether (sulfide) groups is 1. The number of rotatable bonds is 4. The van der Waals surface area contributed by atoms with Gasteiger partial charge in [0.25, 0.3) is 0 Å². The maximum absolute atomic E-state index is 5.55. The third kappa shape index (κ3) is 1.86. The van der Waals surface area contributed by atoms with Crippen molar-refractivity contribution in [3.63, 3.8) is 0 Å². The van der Waals surface area contributed by atoms with Crippen molar-refractivity contribution in [1.29, 1.82) is 0 Å². The van der Waals surface area contributed by atoms with E-state index in [1.807, 2.05) is 11.8 Å². The molecule has 1 aliphatic rings. The van der Waals surface area contributed by atoms with Crippen LogP contribution in [0.25, 0.3) is 0 Å². The van der Waals surface area contributed by atoms with E-state index < -0.39 is 0 Å². The average Bonchev–Trinajstić information content (AvgIpc) is 2.85. The van der Waals surface area contributed by atoms with Crippen molar-refractivity contribution in [1.82, 2.24) is 14.8 Å². The molecule has 2 N–H and O–H groups in total. The van der Waals surface area contributed by atoms with Gasteiger partial charge in [-0.2, -0.15) is 0 Å². The van der Waals surface area contributed by atoms with Crippen molar-refractivity contribution in [2.75, 3.05) is 0 Å². The first-order valence-corrected chi connectivity index (χ1v) is 5.52. The standard InChI is InChI=1S/C8H14N4S/c1-2-12-7(5-9)10-11-8(12)13-6-3-4-6/h6H,2-5,9H2,1H3. The zero-order valence-corrected chi connectivity index (χ0v) is 8.55. The lowest BCUT2D eigenvalue weighted by atomic mass is 10.6. The van der Waals surface area contributed by atoms with Crippen LogP contribution in [0, 0.1) is 0 Å². The topological polar surface area (TPSA) is 56.7 Å². The third-order valence-corrected chi connectivity index (χ3v) is 3.41. The Morgan fingerprint density at radius 2 is 2.31 bits per heavy atom. The third-order valence-electron chi connectivity index (χ3n) is 2.09. The molecular weight excluding hydrogens is 184 g/mol. The molecular formula is C8H14N4S. The van der Waals surface area contributed by atoms with E-state index >= 15 is 0 Å². The first-order chi connectivity index (χ1) is 6.35. The largest absolute Gasteiger partial charge is 0.324 e. The van der Waals surface area contributed by atoms with Gasteiger partial charge < -0.3 is 10.3 Å². The summed E-state index contributed by atoms with van der Waals surface area (Å²) in [6.45, 7) is 3.49. The second-order valence-electron chi connectivity index (χ2n) is 3.16. The second-order valence-corrected chi connectivity index (χ2v) is 4.43. The fourth-order valence-electron chi connectivity index (χ4n) is 1.21. The quantitative estimate of drug-likeness (QED) is 0.784. The van der Waals surface area contributed by atoms with Gasteiger partial charge in [-0.15, -0.1) is 10.2 Å². The van der Waals surface area contributed by atoms with E-state index in [0.29, 0.717) is 6.54 Å². The summed E-state index contributed by atoms with van der Waals surface area (Å²) in [6.07, 6.45) is 2.64. The Morgan fingerprint density at radius 3 is 2.85 bits per heavy atom. The molecule has 5 heteroatoms. The van der Waals surface area contributed by atoms with Crippen LogP contribution < -0.4 is 5.73 Å². The van der Waals surface area contributed by atoms with E-state index in [0.717, 1.165) is 22.8 Å². The number of hydrogen-bond acceptors (Lipinski definition) is 4. The van der Waals surface area contributed by atoms with Gasteiger partial charge >= 0.3 is 0 Å². The van der Waals surface area contributed by atoms with E-state index in [1.165, 1.54) is 12.8 Å². The van der Waals surface area contributed by atoms with Crippen LogP contribution in [0.2, 0.25) is 0 Å². The highest BCUT2D eigenvalue weighted by molar-refractivity contribution is 8.00. The minimum atomic E-state index is 0.478. The molecule has 1 fully saturated rings. The van der Waals surface area contributed by atoms with Crippen molar-refractivity contribution in [2.45, 2.75) is 43.3 Å². The maximum Gasteiger partial charge on any atom is 0.191 e. The van der Waals surface area contributed by atoms with Gasteiger partial charge in [0.1, 0.15) is 5.82 Å². The van der Waals surface area contributed by atoms with Crippen molar-refractivity contribution >= 4 is 11.8 Å². The van der Waals surface area contributed by atoms with Gasteiger partial charge in [-0.05, 0) is 19.8 Å². The Labute approximate surface area is 81.9 Å². The Hall–Kier alpha value is -0.550. The van der Waals surface area contributed by atoms with Crippen LogP contribution in [0.3, 0.4) is 0 Å². The van der Waals surface area contributed by atoms with Gasteiger partial charge in [-0.25, -0.2) is 0 Å². The lowest BCUT2D eigenvalue weighted by Crippen LogP contribution is -2.08. The summed E-state index contributed by atoms with van der Waals surface area (Å²) in [5, 5.41) is 10.00. The first kappa shape index (κ1) is 9.02. The van der Waals surface area contributed by atoms with Crippen molar-refractivity contribution in [3.05, 3.63) is 5.82 Å². The second kappa shape index (κ2) is 3.67. The SMILES string of the molecule is CCn1c(CN)nnc1SC1CC1. The van der Waals surface area contributed by atoms with Crippen molar-refractivity contribution < 1.29 is 0 Å². The van der Waals surface area contributed by atoms with E-state index in [4.69, 9.17) is 5.73 Å². The summed E-state index contributed by atoms with van der Waals surface area (Å²) in [5.41, 5.74) is 5.55. The normalized spacial score (nSPS) is 16.5. The predicted octanol–water partition coefficient (Wildman–Crippen LogP) is 1.01. The van der Waals surface area contributed by atoms with Gasteiger partial charge in [0.05, 0.1) is 6.54 Å². The molecule has 13 heavy (non-hydrogen) atoms. The molecule has 0 bridgehead atoms. The molecule has 1 aliphatic carbocycles. The molecule has 2 rings (SSSR count). The van der Waals surface area contributed by atoms with E-state index in [2.05, 4.69) is 21.7 Å². The molecule has 0 amide bonds. The molecule has 1 aromatic heterocycles. The van der Waals surface area contributed by atoms with Crippen LogP contribution in [-0.4, -0.2) is 20.0 Å². The summed E-state index contributed by atoms with van der Waals surface area (Å²) in [7, 11) is 0. The Balaban J connectivity index is 2.17. The summed E-state index contributed by atoms with van der Waals surface area (Å²) >= 11 is 1.83. The van der Waals surface area contributed by atoms with Gasteiger partial charge in [0, 0.05) is 11.8 Å². The van der Waals surface area contributed by atoms with Gasteiger partial charge in [0.15, 0.2) is 5.16 Å². The van der Waals surface area contributed by atoms with Crippen LogP contribution in [0.15, 0.2) is 5.16 Å². The molecule has 0 unspecified atom stereocenters. The smallest absolute Gasteiger partial charge is 0.191 e. The van der Waals surface area contributed by atoms with Gasteiger partial charge in [-0.3, -0.25) is 0 Å². The first-order valence-electron chi connectivity index (χ1n) is 4.64. The lowest BCUT2D eigenvalue weighted by Gasteiger charge is -2.04. The van der Waals surface area contributed by atoms with Gasteiger partial charge in [0.2, 0.25) is 0 Å². The zero-order chi connectivity index (χ0) is 9.26. The van der Waals surface area contributed by atoms with Gasteiger partial charge in [-0.1, -0.05) is 11.8 Å². The Kier molecular flexibility index (Phi) is 2.55. The fraction of sp³-hybridized carbons (Fsp3) is 0.750. The highest BCUT2D eigenvalue weighted by Gasteiger charge is 2.25. The van der Waals surface area contributed by atoms with Crippen molar-refractivity contribution in [2.24, 2.45) is 5.73 Å². The molecule has 0 aliphatic heterocycles. The molecule has 1 saturated carbocycles. The molecule has 0 aromatic carbocycles. The summed E-state index contributed by atoms with van der Waals surface area (Å²) in [4.78, 5) is 0. The van der Waals surface area contributed by atoms with Crippen LogP contribution in [0.1, 0.15) is 25.6 Å². The highest BCUT2D eigenvalue weighted by atomic mass is 32.2. The van der Waals surface area contributed by atoms with Crippen LogP contribution in [0.4, 0.5) is 0 Å². The minimum absolute atomic E-state index is 0.478. The Bertz CT molecular complexity index is 292. The van der Waals surface area contributed by atoms with Crippen molar-refractivity contribution in [3.8, 4) is 0 Å². The molecule has 0 spiro atoms. The molecule has 0 radical (unpaired) electrons. The molecule has 0 saturated heterocycles.